The fraction of sp³-hybridized carbons (Fsp3) is 0. The number of hydrogen-bond donors (Lipinski definition) is 1. The van der Waals surface area contributed by atoms with Crippen LogP contribution in [0.1, 0.15) is 0 Å². The lowest BCUT2D eigenvalue weighted by Crippen LogP contribution is -1.96. The van der Waals surface area contributed by atoms with E-state index in [-0.39, 0.29) is 0 Å². The maximum absolute atomic E-state index is 4.29. The summed E-state index contributed by atoms with van der Waals surface area (Å²) in [6.45, 7) is 0. The van der Waals surface area contributed by atoms with Crippen LogP contribution in [0.2, 0.25) is 0 Å². The highest BCUT2D eigenvalue weighted by Crippen LogP contribution is 2.20. The van der Waals surface area contributed by atoms with E-state index in [2.05, 4.69) is 21.5 Å². The molecule has 5 nitrogen and oxygen atoms in total. The highest BCUT2D eigenvalue weighted by Gasteiger charge is 2.01. The van der Waals surface area contributed by atoms with Crippen molar-refractivity contribution in [1.29, 1.82) is 0 Å². The monoisotopic (exact) mass is 275 g/mol. The summed E-state index contributed by atoms with van der Waals surface area (Å²) in [4.78, 5) is 4.29. The lowest BCUT2D eigenvalue weighted by atomic mass is 10.2. The van der Waals surface area contributed by atoms with Crippen LogP contribution in [0.25, 0.3) is 11.3 Å². The van der Waals surface area contributed by atoms with Crippen molar-refractivity contribution >= 4 is 17.0 Å². The van der Waals surface area contributed by atoms with Crippen LogP contribution < -0.4 is 5.32 Å². The highest BCUT2D eigenvalue weighted by atomic mass is 15.3. The van der Waals surface area contributed by atoms with Gasteiger partial charge in [-0.25, -0.2) is 9.67 Å². The van der Waals surface area contributed by atoms with Crippen LogP contribution in [0.3, 0.4) is 0 Å². The minimum Gasteiger partial charge on any atom is -0.355 e. The Bertz CT molecular complexity index is 876. The Morgan fingerprint density at radius 1 is 0.857 bits per heavy atom. The molecular weight excluding hydrogens is 262 g/mol. The zero-order chi connectivity index (χ0) is 14.1. The second-order valence-electron chi connectivity index (χ2n) is 4.73. The first-order chi connectivity index (χ1) is 10.4. The van der Waals surface area contributed by atoms with Crippen LogP contribution >= 0.6 is 0 Å². The standard InChI is InChI=1S/C16H13N5/c1-3-13(11-15(4-1)21-8-2-6-18-21)19-14-5-9-20-10-7-17-16(20)12-14/h1-12,19H. The third-order valence-electron chi connectivity index (χ3n) is 3.30. The van der Waals surface area contributed by atoms with E-state index in [0.29, 0.717) is 0 Å². The van der Waals surface area contributed by atoms with Gasteiger partial charge in [0.15, 0.2) is 0 Å². The van der Waals surface area contributed by atoms with Crippen LogP contribution in [0.4, 0.5) is 11.4 Å². The first-order valence-electron chi connectivity index (χ1n) is 6.68. The van der Waals surface area contributed by atoms with Gasteiger partial charge in [0.2, 0.25) is 0 Å². The van der Waals surface area contributed by atoms with Gasteiger partial charge in [0.25, 0.3) is 0 Å². The van der Waals surface area contributed by atoms with Crippen molar-refractivity contribution < 1.29 is 0 Å². The predicted molar refractivity (Wildman–Crippen MR) is 82.0 cm³/mol. The van der Waals surface area contributed by atoms with Gasteiger partial charge in [-0.15, -0.1) is 0 Å². The van der Waals surface area contributed by atoms with E-state index in [1.54, 1.807) is 12.4 Å². The maximum atomic E-state index is 4.29. The summed E-state index contributed by atoms with van der Waals surface area (Å²) in [7, 11) is 0. The van der Waals surface area contributed by atoms with Crippen molar-refractivity contribution in [2.45, 2.75) is 0 Å². The summed E-state index contributed by atoms with van der Waals surface area (Å²) in [5, 5.41) is 7.64. The molecule has 0 aliphatic carbocycles. The first-order valence-corrected chi connectivity index (χ1v) is 6.68. The summed E-state index contributed by atoms with van der Waals surface area (Å²) >= 11 is 0. The molecule has 0 atom stereocenters. The molecule has 0 amide bonds. The summed E-state index contributed by atoms with van der Waals surface area (Å²) in [6, 6.07) is 14.1. The Morgan fingerprint density at radius 3 is 2.71 bits per heavy atom. The summed E-state index contributed by atoms with van der Waals surface area (Å²) in [5.41, 5.74) is 3.96. The van der Waals surface area contributed by atoms with Crippen molar-refractivity contribution in [2.24, 2.45) is 0 Å². The average Bonchev–Trinajstić information content (AvgIpc) is 3.18. The van der Waals surface area contributed by atoms with Crippen molar-refractivity contribution in [1.82, 2.24) is 19.2 Å². The van der Waals surface area contributed by atoms with Gasteiger partial charge in [0.1, 0.15) is 5.65 Å². The fourth-order valence-corrected chi connectivity index (χ4v) is 2.30. The van der Waals surface area contributed by atoms with Crippen LogP contribution in [0.5, 0.6) is 0 Å². The predicted octanol–water partition coefficient (Wildman–Crippen LogP) is 3.26. The number of imidazole rings is 1. The molecule has 3 heterocycles. The van der Waals surface area contributed by atoms with Crippen LogP contribution in [0, 0.1) is 0 Å². The molecule has 1 N–H and O–H groups in total. The van der Waals surface area contributed by atoms with Crippen LogP contribution in [-0.4, -0.2) is 19.2 Å². The Balaban J connectivity index is 1.66. The van der Waals surface area contributed by atoms with Gasteiger partial charge < -0.3 is 9.72 Å². The number of anilines is 2. The zero-order valence-corrected chi connectivity index (χ0v) is 11.2. The van der Waals surface area contributed by atoms with Crippen LogP contribution in [0.15, 0.2) is 73.4 Å². The molecule has 1 aromatic carbocycles. The van der Waals surface area contributed by atoms with E-state index in [1.165, 1.54) is 0 Å². The van der Waals surface area contributed by atoms with Gasteiger partial charge >= 0.3 is 0 Å². The average molecular weight is 275 g/mol. The van der Waals surface area contributed by atoms with Crippen molar-refractivity contribution in [2.75, 3.05) is 5.32 Å². The molecule has 0 bridgehead atoms. The lowest BCUT2D eigenvalue weighted by Gasteiger charge is -2.09. The molecule has 0 unspecified atom stereocenters. The second kappa shape index (κ2) is 4.79. The number of benzene rings is 1. The molecule has 0 saturated carbocycles. The Hall–Kier alpha value is -3.08. The first kappa shape index (κ1) is 11.7. The fourth-order valence-electron chi connectivity index (χ4n) is 2.30. The molecule has 5 heteroatoms. The third kappa shape index (κ3) is 2.25. The SMILES string of the molecule is c1cc(Nc2ccn3ccnc3c2)cc(-n2cccn2)c1. The number of hydrogen-bond acceptors (Lipinski definition) is 3. The summed E-state index contributed by atoms with van der Waals surface area (Å²) < 4.78 is 3.81. The zero-order valence-electron chi connectivity index (χ0n) is 11.2. The lowest BCUT2D eigenvalue weighted by molar-refractivity contribution is 0.881. The van der Waals surface area contributed by atoms with E-state index in [1.807, 2.05) is 64.1 Å². The molecule has 4 aromatic rings. The molecule has 21 heavy (non-hydrogen) atoms. The number of nitrogens with one attached hydrogen (secondary N) is 1. The largest absolute Gasteiger partial charge is 0.355 e. The molecule has 0 spiro atoms. The topological polar surface area (TPSA) is 47.1 Å². The minimum atomic E-state index is 0.920. The van der Waals surface area contributed by atoms with Crippen LogP contribution in [-0.2, 0) is 0 Å². The molecule has 0 fully saturated rings. The Morgan fingerprint density at radius 2 is 1.81 bits per heavy atom. The maximum Gasteiger partial charge on any atom is 0.138 e. The molecule has 0 radical (unpaired) electrons. The number of aromatic nitrogens is 4. The van der Waals surface area contributed by atoms with E-state index in [4.69, 9.17) is 0 Å². The molecule has 3 aromatic heterocycles. The van der Waals surface area contributed by atoms with Gasteiger partial charge in [-0.05, 0) is 30.3 Å². The van der Waals surface area contributed by atoms with Crippen molar-refractivity contribution in [3.63, 3.8) is 0 Å². The normalized spacial score (nSPS) is 10.9. The van der Waals surface area contributed by atoms with Crippen molar-refractivity contribution in [3.05, 3.63) is 73.4 Å². The smallest absolute Gasteiger partial charge is 0.138 e. The third-order valence-corrected chi connectivity index (χ3v) is 3.30. The minimum absolute atomic E-state index is 0.920. The van der Waals surface area contributed by atoms with E-state index in [0.717, 1.165) is 22.7 Å². The quantitative estimate of drug-likeness (QED) is 0.624. The van der Waals surface area contributed by atoms with Gasteiger partial charge in [0, 0.05) is 48.4 Å². The van der Waals surface area contributed by atoms with Gasteiger partial charge in [-0.3, -0.25) is 0 Å². The van der Waals surface area contributed by atoms with Gasteiger partial charge in [0.05, 0.1) is 5.69 Å². The number of pyridine rings is 1. The molecule has 0 saturated heterocycles. The van der Waals surface area contributed by atoms with E-state index >= 15 is 0 Å². The molecule has 102 valence electrons. The van der Waals surface area contributed by atoms with E-state index < -0.39 is 0 Å². The summed E-state index contributed by atoms with van der Waals surface area (Å²) in [5.74, 6) is 0. The molecular formula is C16H13N5. The number of fused-ring (bicyclic) bond motifs is 1. The highest BCUT2D eigenvalue weighted by molar-refractivity contribution is 5.65. The second-order valence-corrected chi connectivity index (χ2v) is 4.73. The molecule has 4 rings (SSSR count). The van der Waals surface area contributed by atoms with E-state index in [9.17, 15) is 0 Å². The number of rotatable bonds is 3. The Kier molecular flexibility index (Phi) is 2.67. The Labute approximate surface area is 121 Å². The van der Waals surface area contributed by atoms with Crippen molar-refractivity contribution in [3.8, 4) is 5.69 Å². The molecule has 0 aliphatic heterocycles. The van der Waals surface area contributed by atoms with Gasteiger partial charge in [-0.2, -0.15) is 5.10 Å². The number of nitrogens with zero attached hydrogens (tertiary/aromatic N) is 4. The molecule has 0 aliphatic rings. The summed E-state index contributed by atoms with van der Waals surface area (Å²) in [6.07, 6.45) is 9.40. The van der Waals surface area contributed by atoms with Gasteiger partial charge in [-0.1, -0.05) is 6.07 Å².